The van der Waals surface area contributed by atoms with Gasteiger partial charge in [0.25, 0.3) is 0 Å². The summed E-state index contributed by atoms with van der Waals surface area (Å²) in [4.78, 5) is 16.6. The molecule has 0 amide bonds. The predicted molar refractivity (Wildman–Crippen MR) is 50.2 cm³/mol. The van der Waals surface area contributed by atoms with Crippen molar-refractivity contribution in [3.05, 3.63) is 0 Å². The third kappa shape index (κ3) is 5.84. The summed E-state index contributed by atoms with van der Waals surface area (Å²) in [5, 5.41) is 53.8. The number of phosphoric acid groups is 1. The van der Waals surface area contributed by atoms with Gasteiger partial charge in [0.15, 0.2) is 6.29 Å². The molecule has 0 aliphatic rings. The van der Waals surface area contributed by atoms with E-state index >= 15 is 0 Å². The van der Waals surface area contributed by atoms with Gasteiger partial charge in [-0.25, -0.2) is 4.57 Å². The van der Waals surface area contributed by atoms with E-state index < -0.39 is 45.1 Å². The molecular formula is C6H15O10P. The molecule has 8 N–H and O–H groups in total. The topological polar surface area (TPSA) is 188 Å². The summed E-state index contributed by atoms with van der Waals surface area (Å²) in [7, 11) is -5.09. The molecule has 0 aromatic rings. The van der Waals surface area contributed by atoms with Crippen molar-refractivity contribution in [1.29, 1.82) is 0 Å². The fourth-order valence-corrected chi connectivity index (χ4v) is 1.32. The summed E-state index contributed by atoms with van der Waals surface area (Å²) in [5.41, 5.74) is 0. The standard InChI is InChI=1S/C6H15O10P/c7-1-2(8)3(9)4(10)5(11)6(12)16-17(13,14)15/h2-12H,1H2,(H2,13,14,15)/t2-,3+,4+,5+,6?/m0/s1. The number of aliphatic hydroxyl groups is 6. The average Bonchev–Trinajstić information content (AvgIpc) is 2.22. The summed E-state index contributed by atoms with van der Waals surface area (Å²) in [5.74, 6) is 0. The Morgan fingerprint density at radius 2 is 1.41 bits per heavy atom. The molecule has 0 radical (unpaired) electrons. The van der Waals surface area contributed by atoms with Gasteiger partial charge in [0.1, 0.15) is 24.4 Å². The molecule has 0 heterocycles. The second-order valence-corrected chi connectivity index (χ2v) is 4.40. The summed E-state index contributed by atoms with van der Waals surface area (Å²) < 4.78 is 13.9. The molecule has 0 aliphatic heterocycles. The average molecular weight is 278 g/mol. The van der Waals surface area contributed by atoms with Crippen LogP contribution in [0.25, 0.3) is 0 Å². The van der Waals surface area contributed by atoms with Crippen molar-refractivity contribution in [1.82, 2.24) is 0 Å². The zero-order chi connectivity index (χ0) is 13.8. The minimum Gasteiger partial charge on any atom is -0.394 e. The van der Waals surface area contributed by atoms with Crippen LogP contribution in [0.5, 0.6) is 0 Å². The van der Waals surface area contributed by atoms with Crippen molar-refractivity contribution < 1.29 is 49.5 Å². The highest BCUT2D eigenvalue weighted by Crippen LogP contribution is 2.37. The first-order chi connectivity index (χ1) is 7.60. The smallest absolute Gasteiger partial charge is 0.394 e. The van der Waals surface area contributed by atoms with Gasteiger partial charge in [-0.05, 0) is 0 Å². The van der Waals surface area contributed by atoms with E-state index in [0.717, 1.165) is 0 Å². The molecule has 0 aliphatic carbocycles. The van der Waals surface area contributed by atoms with Crippen molar-refractivity contribution in [2.24, 2.45) is 0 Å². The maximum absolute atomic E-state index is 10.3. The Balaban J connectivity index is 4.48. The zero-order valence-electron chi connectivity index (χ0n) is 8.44. The van der Waals surface area contributed by atoms with Crippen LogP contribution in [-0.2, 0) is 9.09 Å². The minimum absolute atomic E-state index is 0.930. The van der Waals surface area contributed by atoms with Crippen molar-refractivity contribution in [2.75, 3.05) is 6.61 Å². The number of phosphoric ester groups is 1. The Hall–Kier alpha value is -0.130. The Morgan fingerprint density at radius 1 is 0.941 bits per heavy atom. The first-order valence-electron chi connectivity index (χ1n) is 4.35. The van der Waals surface area contributed by atoms with Crippen LogP contribution in [0, 0.1) is 0 Å². The number of rotatable bonds is 7. The fraction of sp³-hybridized carbons (Fsp3) is 1.00. The molecule has 0 rings (SSSR count). The third-order valence-electron chi connectivity index (χ3n) is 1.82. The van der Waals surface area contributed by atoms with Crippen LogP contribution in [0.3, 0.4) is 0 Å². The van der Waals surface area contributed by atoms with Gasteiger partial charge in [0.05, 0.1) is 6.61 Å². The van der Waals surface area contributed by atoms with Crippen LogP contribution in [-0.4, -0.2) is 77.7 Å². The molecule has 0 bridgehead atoms. The van der Waals surface area contributed by atoms with E-state index in [1.807, 2.05) is 0 Å². The highest BCUT2D eigenvalue weighted by atomic mass is 31.2. The molecule has 0 spiro atoms. The van der Waals surface area contributed by atoms with Crippen molar-refractivity contribution in [2.45, 2.75) is 30.7 Å². The normalized spacial score (nSPS) is 21.6. The molecule has 10 nitrogen and oxygen atoms in total. The van der Waals surface area contributed by atoms with E-state index in [2.05, 4.69) is 4.52 Å². The minimum atomic E-state index is -5.09. The summed E-state index contributed by atoms with van der Waals surface area (Å²) in [6, 6.07) is 0. The number of hydrogen-bond acceptors (Lipinski definition) is 8. The summed E-state index contributed by atoms with van der Waals surface area (Å²) >= 11 is 0. The highest BCUT2D eigenvalue weighted by molar-refractivity contribution is 7.46. The van der Waals surface area contributed by atoms with Gasteiger partial charge >= 0.3 is 7.82 Å². The molecule has 17 heavy (non-hydrogen) atoms. The van der Waals surface area contributed by atoms with Crippen LogP contribution < -0.4 is 0 Å². The maximum Gasteiger partial charge on any atom is 0.472 e. The SMILES string of the molecule is O=P(O)(O)OC(O)[C@H](O)[C@H](O)[C@H](O)[C@@H](O)CO. The second-order valence-electron chi connectivity index (χ2n) is 3.21. The molecule has 0 saturated carbocycles. The molecule has 11 heteroatoms. The highest BCUT2D eigenvalue weighted by Gasteiger charge is 2.37. The molecule has 1 unspecified atom stereocenters. The maximum atomic E-state index is 10.3. The van der Waals surface area contributed by atoms with Gasteiger partial charge in [-0.3, -0.25) is 4.52 Å². The van der Waals surface area contributed by atoms with Crippen LogP contribution in [0.4, 0.5) is 0 Å². The first kappa shape index (κ1) is 16.9. The van der Waals surface area contributed by atoms with Crippen LogP contribution in [0.15, 0.2) is 0 Å². The summed E-state index contributed by atoms with van der Waals surface area (Å²) in [6.07, 6.45) is -10.8. The quantitative estimate of drug-likeness (QED) is 0.168. The Labute approximate surface area is 95.6 Å². The Bertz CT molecular complexity index is 266. The van der Waals surface area contributed by atoms with E-state index in [1.54, 1.807) is 0 Å². The molecule has 0 saturated heterocycles. The number of hydrogen-bond donors (Lipinski definition) is 8. The van der Waals surface area contributed by atoms with Crippen molar-refractivity contribution in [3.8, 4) is 0 Å². The third-order valence-corrected chi connectivity index (χ3v) is 2.31. The lowest BCUT2D eigenvalue weighted by Gasteiger charge is -2.28. The van der Waals surface area contributed by atoms with E-state index in [-0.39, 0.29) is 0 Å². The molecule has 0 fully saturated rings. The lowest BCUT2D eigenvalue weighted by Crippen LogP contribution is -2.50. The van der Waals surface area contributed by atoms with Crippen molar-refractivity contribution in [3.63, 3.8) is 0 Å². The molecule has 0 aromatic carbocycles. The molecule has 0 aromatic heterocycles. The van der Waals surface area contributed by atoms with Gasteiger partial charge < -0.3 is 40.4 Å². The predicted octanol–water partition coefficient (Wildman–Crippen LogP) is -4.15. The van der Waals surface area contributed by atoms with E-state index in [1.165, 1.54) is 0 Å². The number of aliphatic hydroxyl groups excluding tert-OH is 6. The molecular weight excluding hydrogens is 263 g/mol. The van der Waals surface area contributed by atoms with E-state index in [4.69, 9.17) is 35.3 Å². The van der Waals surface area contributed by atoms with E-state index in [9.17, 15) is 9.67 Å². The second kappa shape index (κ2) is 6.71. The summed E-state index contributed by atoms with van der Waals surface area (Å²) in [6.45, 7) is -0.930. The fourth-order valence-electron chi connectivity index (χ4n) is 0.909. The monoisotopic (exact) mass is 278 g/mol. The van der Waals surface area contributed by atoms with Gasteiger partial charge in [0, 0.05) is 0 Å². The van der Waals surface area contributed by atoms with Crippen LogP contribution >= 0.6 is 7.82 Å². The Kier molecular flexibility index (Phi) is 6.66. The van der Waals surface area contributed by atoms with E-state index in [0.29, 0.717) is 0 Å². The lowest BCUT2D eigenvalue weighted by molar-refractivity contribution is -0.185. The van der Waals surface area contributed by atoms with Gasteiger partial charge in [-0.15, -0.1) is 0 Å². The van der Waals surface area contributed by atoms with Gasteiger partial charge in [0.2, 0.25) is 0 Å². The van der Waals surface area contributed by atoms with Crippen LogP contribution in [0.2, 0.25) is 0 Å². The van der Waals surface area contributed by atoms with Crippen molar-refractivity contribution >= 4 is 7.82 Å². The van der Waals surface area contributed by atoms with Crippen LogP contribution in [0.1, 0.15) is 0 Å². The molecule has 104 valence electrons. The molecule has 5 atom stereocenters. The zero-order valence-corrected chi connectivity index (χ0v) is 9.33. The lowest BCUT2D eigenvalue weighted by atomic mass is 10.0. The largest absolute Gasteiger partial charge is 0.472 e. The van der Waals surface area contributed by atoms with Gasteiger partial charge in [-0.2, -0.15) is 0 Å². The van der Waals surface area contributed by atoms with Gasteiger partial charge in [-0.1, -0.05) is 0 Å². The Morgan fingerprint density at radius 3 is 1.76 bits per heavy atom. The first-order valence-corrected chi connectivity index (χ1v) is 5.88.